The van der Waals surface area contributed by atoms with Gasteiger partial charge in [0.25, 0.3) is 0 Å². The summed E-state index contributed by atoms with van der Waals surface area (Å²) >= 11 is 1.64. The van der Waals surface area contributed by atoms with Gasteiger partial charge in [-0.25, -0.2) is 9.98 Å². The Hall–Kier alpha value is -1.88. The van der Waals surface area contributed by atoms with Crippen LogP contribution in [-0.2, 0) is 6.54 Å². The maximum atomic E-state index is 5.79. The molecule has 0 radical (unpaired) electrons. The number of aromatic nitrogens is 1. The largest absolute Gasteiger partial charge is 0.370 e. The number of rotatable bonds is 4. The fraction of sp³-hybridized carbons (Fsp3) is 0.286. The summed E-state index contributed by atoms with van der Waals surface area (Å²) in [5.41, 5.74) is 7.90. The summed E-state index contributed by atoms with van der Waals surface area (Å²) in [7, 11) is 0. The molecule has 0 aliphatic heterocycles. The Balaban J connectivity index is 1.64. The van der Waals surface area contributed by atoms with E-state index in [-0.39, 0.29) is 0 Å². The first-order chi connectivity index (χ1) is 9.31. The first kappa shape index (κ1) is 12.2. The highest BCUT2D eigenvalue weighted by atomic mass is 32.1. The van der Waals surface area contributed by atoms with Gasteiger partial charge >= 0.3 is 0 Å². The van der Waals surface area contributed by atoms with Gasteiger partial charge < -0.3 is 11.1 Å². The number of nitrogens with zero attached hydrogens (tertiary/aromatic N) is 2. The van der Waals surface area contributed by atoms with E-state index in [1.807, 2.05) is 23.6 Å². The highest BCUT2D eigenvalue weighted by molar-refractivity contribution is 7.13. The summed E-state index contributed by atoms with van der Waals surface area (Å²) in [6, 6.07) is 10.7. The average molecular weight is 272 g/mol. The second-order valence-corrected chi connectivity index (χ2v) is 5.49. The molecule has 1 fully saturated rings. The van der Waals surface area contributed by atoms with Crippen molar-refractivity contribution in [3.63, 3.8) is 0 Å². The first-order valence-electron chi connectivity index (χ1n) is 6.37. The molecule has 98 valence electrons. The lowest BCUT2D eigenvalue weighted by molar-refractivity contribution is 0.874. The van der Waals surface area contributed by atoms with Gasteiger partial charge in [-0.1, -0.05) is 30.3 Å². The zero-order chi connectivity index (χ0) is 13.1. The predicted molar refractivity (Wildman–Crippen MR) is 79.0 cm³/mol. The van der Waals surface area contributed by atoms with Crippen molar-refractivity contribution < 1.29 is 0 Å². The van der Waals surface area contributed by atoms with Gasteiger partial charge in [0.2, 0.25) is 0 Å². The van der Waals surface area contributed by atoms with Crippen molar-refractivity contribution in [3.05, 3.63) is 41.4 Å². The van der Waals surface area contributed by atoms with Gasteiger partial charge in [-0.05, 0) is 12.8 Å². The predicted octanol–water partition coefficient (Wildman–Crippen LogP) is 2.38. The SMILES string of the molecule is NC(=NCc1csc(-c2ccccc2)n1)NC1CC1. The third-order valence-corrected chi connectivity index (χ3v) is 3.85. The summed E-state index contributed by atoms with van der Waals surface area (Å²) in [6.07, 6.45) is 2.40. The van der Waals surface area contributed by atoms with Gasteiger partial charge in [0.05, 0.1) is 12.2 Å². The monoisotopic (exact) mass is 272 g/mol. The van der Waals surface area contributed by atoms with Crippen LogP contribution in [0.3, 0.4) is 0 Å². The molecule has 0 unspecified atom stereocenters. The standard InChI is InChI=1S/C14H16N4S/c15-14(18-11-6-7-11)16-8-12-9-19-13(17-12)10-4-2-1-3-5-10/h1-5,9,11H,6-8H2,(H3,15,16,18). The van der Waals surface area contributed by atoms with Crippen LogP contribution in [0.1, 0.15) is 18.5 Å². The van der Waals surface area contributed by atoms with Gasteiger partial charge in [0.1, 0.15) is 5.01 Å². The number of nitrogens with two attached hydrogens (primary N) is 1. The van der Waals surface area contributed by atoms with Crippen LogP contribution in [-0.4, -0.2) is 17.0 Å². The molecule has 1 heterocycles. The first-order valence-corrected chi connectivity index (χ1v) is 7.25. The lowest BCUT2D eigenvalue weighted by atomic mass is 10.2. The third kappa shape index (κ3) is 3.32. The zero-order valence-corrected chi connectivity index (χ0v) is 11.4. The number of thiazole rings is 1. The number of aliphatic imine (C=N–C) groups is 1. The van der Waals surface area contributed by atoms with E-state index in [1.54, 1.807) is 11.3 Å². The van der Waals surface area contributed by atoms with E-state index in [4.69, 9.17) is 5.73 Å². The summed E-state index contributed by atoms with van der Waals surface area (Å²) in [5, 5.41) is 6.23. The molecule has 0 amide bonds. The molecule has 4 nitrogen and oxygen atoms in total. The molecule has 1 aromatic carbocycles. The maximum Gasteiger partial charge on any atom is 0.189 e. The topological polar surface area (TPSA) is 63.3 Å². The van der Waals surface area contributed by atoms with Crippen molar-refractivity contribution >= 4 is 17.3 Å². The average Bonchev–Trinajstić information content (AvgIpc) is 3.12. The van der Waals surface area contributed by atoms with Crippen LogP contribution < -0.4 is 11.1 Å². The highest BCUT2D eigenvalue weighted by Crippen LogP contribution is 2.23. The van der Waals surface area contributed by atoms with Gasteiger partial charge in [-0.3, -0.25) is 0 Å². The van der Waals surface area contributed by atoms with Crippen molar-refractivity contribution in [1.82, 2.24) is 10.3 Å². The van der Waals surface area contributed by atoms with E-state index in [0.29, 0.717) is 18.5 Å². The fourth-order valence-corrected chi connectivity index (χ4v) is 2.56. The second-order valence-electron chi connectivity index (χ2n) is 4.63. The Bertz CT molecular complexity index is 572. The summed E-state index contributed by atoms with van der Waals surface area (Å²) in [6.45, 7) is 0.537. The van der Waals surface area contributed by atoms with Gasteiger partial charge in [-0.15, -0.1) is 11.3 Å². The fourth-order valence-electron chi connectivity index (χ4n) is 1.74. The van der Waals surface area contributed by atoms with Crippen LogP contribution in [0.5, 0.6) is 0 Å². The van der Waals surface area contributed by atoms with Crippen LogP contribution in [0.25, 0.3) is 10.6 Å². The molecule has 1 aliphatic rings. The Morgan fingerprint density at radius 2 is 2.16 bits per heavy atom. The van der Waals surface area contributed by atoms with Crippen molar-refractivity contribution in [2.45, 2.75) is 25.4 Å². The quantitative estimate of drug-likeness (QED) is 0.663. The van der Waals surface area contributed by atoms with Crippen LogP contribution in [0, 0.1) is 0 Å². The molecule has 1 saturated carbocycles. The molecule has 19 heavy (non-hydrogen) atoms. The highest BCUT2D eigenvalue weighted by Gasteiger charge is 2.21. The van der Waals surface area contributed by atoms with E-state index >= 15 is 0 Å². The summed E-state index contributed by atoms with van der Waals surface area (Å²) in [5.74, 6) is 0.525. The molecular formula is C14H16N4S. The van der Waals surface area contributed by atoms with Crippen molar-refractivity contribution in [2.24, 2.45) is 10.7 Å². The van der Waals surface area contributed by atoms with E-state index < -0.39 is 0 Å². The lowest BCUT2D eigenvalue weighted by Gasteiger charge is -2.01. The molecule has 3 rings (SSSR count). The Labute approximate surface area is 116 Å². The van der Waals surface area contributed by atoms with Gasteiger partial charge in [-0.2, -0.15) is 0 Å². The van der Waals surface area contributed by atoms with Gasteiger partial charge in [0.15, 0.2) is 5.96 Å². The lowest BCUT2D eigenvalue weighted by Crippen LogP contribution is -2.33. The number of guanidine groups is 1. The molecule has 0 bridgehead atoms. The van der Waals surface area contributed by atoms with Gasteiger partial charge in [0, 0.05) is 17.0 Å². The number of benzene rings is 1. The summed E-state index contributed by atoms with van der Waals surface area (Å²) < 4.78 is 0. The van der Waals surface area contributed by atoms with E-state index in [9.17, 15) is 0 Å². The van der Waals surface area contributed by atoms with Crippen molar-refractivity contribution in [3.8, 4) is 10.6 Å². The minimum atomic E-state index is 0.525. The van der Waals surface area contributed by atoms with Crippen molar-refractivity contribution in [1.29, 1.82) is 0 Å². The molecule has 5 heteroatoms. The van der Waals surface area contributed by atoms with Crippen LogP contribution >= 0.6 is 11.3 Å². The Morgan fingerprint density at radius 3 is 2.89 bits per heavy atom. The normalized spacial score (nSPS) is 15.5. The molecule has 0 spiro atoms. The van der Waals surface area contributed by atoms with Crippen LogP contribution in [0.15, 0.2) is 40.7 Å². The number of hydrogen-bond donors (Lipinski definition) is 2. The van der Waals surface area contributed by atoms with E-state index in [1.165, 1.54) is 12.8 Å². The number of hydrogen-bond acceptors (Lipinski definition) is 3. The van der Waals surface area contributed by atoms with Crippen LogP contribution in [0.2, 0.25) is 0 Å². The zero-order valence-electron chi connectivity index (χ0n) is 10.5. The van der Waals surface area contributed by atoms with Crippen molar-refractivity contribution in [2.75, 3.05) is 0 Å². The minimum absolute atomic E-state index is 0.525. The molecule has 3 N–H and O–H groups in total. The summed E-state index contributed by atoms with van der Waals surface area (Å²) in [4.78, 5) is 8.88. The third-order valence-electron chi connectivity index (χ3n) is 2.91. The maximum absolute atomic E-state index is 5.79. The second kappa shape index (κ2) is 5.40. The molecule has 2 aromatic rings. The minimum Gasteiger partial charge on any atom is -0.370 e. The molecule has 0 atom stereocenters. The Kier molecular flexibility index (Phi) is 3.46. The Morgan fingerprint density at radius 1 is 1.37 bits per heavy atom. The van der Waals surface area contributed by atoms with E-state index in [0.717, 1.165) is 16.3 Å². The molecular weight excluding hydrogens is 256 g/mol. The van der Waals surface area contributed by atoms with E-state index in [2.05, 4.69) is 27.4 Å². The molecule has 1 aromatic heterocycles. The smallest absolute Gasteiger partial charge is 0.189 e. The number of nitrogens with one attached hydrogen (secondary N) is 1. The van der Waals surface area contributed by atoms with Crippen LogP contribution in [0.4, 0.5) is 0 Å². The molecule has 1 aliphatic carbocycles. The molecule has 0 saturated heterocycles.